The molecular formula is C22H25N3O3S. The van der Waals surface area contributed by atoms with Gasteiger partial charge in [-0.1, -0.05) is 26.0 Å². The van der Waals surface area contributed by atoms with Gasteiger partial charge in [0.05, 0.1) is 27.1 Å². The van der Waals surface area contributed by atoms with Crippen LogP contribution < -0.4 is 5.32 Å². The molecule has 1 aliphatic carbocycles. The highest BCUT2D eigenvalue weighted by Crippen LogP contribution is 2.37. The van der Waals surface area contributed by atoms with Crippen LogP contribution in [0, 0.1) is 24.7 Å². The Bertz CT molecular complexity index is 984. The van der Waals surface area contributed by atoms with E-state index in [9.17, 15) is 14.4 Å². The van der Waals surface area contributed by atoms with Crippen LogP contribution in [-0.4, -0.2) is 33.6 Å². The molecule has 29 heavy (non-hydrogen) atoms. The number of benzene rings is 1. The van der Waals surface area contributed by atoms with Gasteiger partial charge < -0.3 is 5.32 Å². The molecule has 2 heterocycles. The van der Waals surface area contributed by atoms with Gasteiger partial charge in [-0.15, -0.1) is 11.3 Å². The summed E-state index contributed by atoms with van der Waals surface area (Å²) in [6.45, 7) is 5.93. The van der Waals surface area contributed by atoms with Crippen molar-refractivity contribution in [2.75, 3.05) is 5.32 Å². The van der Waals surface area contributed by atoms with Crippen LogP contribution in [0.3, 0.4) is 0 Å². The third-order valence-corrected chi connectivity index (χ3v) is 6.55. The Hall–Kier alpha value is -2.54. The highest BCUT2D eigenvalue weighted by Gasteiger charge is 2.51. The molecule has 1 aliphatic heterocycles. The van der Waals surface area contributed by atoms with Gasteiger partial charge in [-0.25, -0.2) is 4.98 Å². The van der Waals surface area contributed by atoms with Crippen molar-refractivity contribution < 1.29 is 14.4 Å². The normalized spacial score (nSPS) is 22.4. The summed E-state index contributed by atoms with van der Waals surface area (Å²) in [4.78, 5) is 44.9. The first kappa shape index (κ1) is 19.8. The molecule has 0 saturated carbocycles. The van der Waals surface area contributed by atoms with E-state index >= 15 is 0 Å². The molecule has 6 nitrogen and oxygen atoms in total. The zero-order valence-corrected chi connectivity index (χ0v) is 17.7. The van der Waals surface area contributed by atoms with Crippen LogP contribution in [0.1, 0.15) is 38.1 Å². The number of aromatic nitrogens is 1. The number of hydrogen-bond donors (Lipinski definition) is 1. The van der Waals surface area contributed by atoms with Crippen molar-refractivity contribution in [3.05, 3.63) is 35.4 Å². The van der Waals surface area contributed by atoms with Crippen LogP contribution >= 0.6 is 11.3 Å². The minimum absolute atomic E-state index is 0.165. The SMILES string of the molecule is Cc1nc2ccc(NC(=O)[C@H](CC(C)C)N3C(=O)[C@@H]4CC=CC[C@H]4C3=O)cc2s1. The summed E-state index contributed by atoms with van der Waals surface area (Å²) in [5.41, 5.74) is 1.55. The molecule has 152 valence electrons. The molecule has 1 fully saturated rings. The van der Waals surface area contributed by atoms with E-state index in [0.717, 1.165) is 15.2 Å². The van der Waals surface area contributed by atoms with Crippen LogP contribution in [0.15, 0.2) is 30.4 Å². The van der Waals surface area contributed by atoms with Crippen molar-refractivity contribution in [1.29, 1.82) is 0 Å². The highest BCUT2D eigenvalue weighted by atomic mass is 32.1. The second kappa shape index (κ2) is 7.71. The van der Waals surface area contributed by atoms with Crippen molar-refractivity contribution in [2.45, 2.75) is 46.1 Å². The number of allylic oxidation sites excluding steroid dienone is 2. The van der Waals surface area contributed by atoms with E-state index < -0.39 is 6.04 Å². The van der Waals surface area contributed by atoms with E-state index in [0.29, 0.717) is 24.9 Å². The molecule has 2 aliphatic rings. The smallest absolute Gasteiger partial charge is 0.247 e. The molecule has 3 atom stereocenters. The standard InChI is InChI=1S/C22H25N3O3S/c1-12(2)10-18(25-21(27)15-6-4-5-7-16(15)22(25)28)20(26)24-14-8-9-17-19(11-14)29-13(3)23-17/h4-5,8-9,11-12,15-16,18H,6-7,10H2,1-3H3,(H,24,26)/t15-,16-,18+/m1/s1. The summed E-state index contributed by atoms with van der Waals surface area (Å²) in [7, 11) is 0. The number of fused-ring (bicyclic) bond motifs is 2. The molecule has 0 bridgehead atoms. The number of hydrogen-bond acceptors (Lipinski definition) is 5. The van der Waals surface area contributed by atoms with E-state index in [1.165, 1.54) is 4.90 Å². The predicted octanol–water partition coefficient (Wildman–Crippen LogP) is 3.91. The topological polar surface area (TPSA) is 79.4 Å². The maximum atomic E-state index is 13.2. The lowest BCUT2D eigenvalue weighted by molar-refractivity contribution is -0.147. The molecule has 1 aromatic carbocycles. The average molecular weight is 412 g/mol. The van der Waals surface area contributed by atoms with Gasteiger partial charge in [-0.3, -0.25) is 19.3 Å². The number of aryl methyl sites for hydroxylation is 1. The number of amides is 3. The minimum Gasteiger partial charge on any atom is -0.324 e. The van der Waals surface area contributed by atoms with Gasteiger partial charge >= 0.3 is 0 Å². The fraction of sp³-hybridized carbons (Fsp3) is 0.455. The van der Waals surface area contributed by atoms with Crippen LogP contribution in [0.4, 0.5) is 5.69 Å². The maximum absolute atomic E-state index is 13.2. The summed E-state index contributed by atoms with van der Waals surface area (Å²) in [5.74, 6) is -1.22. The molecule has 2 aromatic rings. The summed E-state index contributed by atoms with van der Waals surface area (Å²) in [6.07, 6.45) is 5.50. The predicted molar refractivity (Wildman–Crippen MR) is 113 cm³/mol. The van der Waals surface area contributed by atoms with Gasteiger partial charge in [-0.2, -0.15) is 0 Å². The van der Waals surface area contributed by atoms with Gasteiger partial charge in [0.2, 0.25) is 17.7 Å². The Morgan fingerprint density at radius 3 is 2.48 bits per heavy atom. The lowest BCUT2D eigenvalue weighted by atomic mass is 9.85. The summed E-state index contributed by atoms with van der Waals surface area (Å²) >= 11 is 1.56. The number of nitrogens with one attached hydrogen (secondary N) is 1. The van der Waals surface area contributed by atoms with Gasteiger partial charge in [0.1, 0.15) is 6.04 Å². The van der Waals surface area contributed by atoms with E-state index in [4.69, 9.17) is 0 Å². The Labute approximate surface area is 174 Å². The number of likely N-dealkylation sites (tertiary alicyclic amines) is 1. The largest absolute Gasteiger partial charge is 0.324 e. The first-order chi connectivity index (χ1) is 13.8. The number of rotatable bonds is 5. The number of carbonyl (C=O) groups excluding carboxylic acids is 3. The number of carbonyl (C=O) groups is 3. The highest BCUT2D eigenvalue weighted by molar-refractivity contribution is 7.18. The molecule has 0 radical (unpaired) electrons. The Morgan fingerprint density at radius 2 is 1.86 bits per heavy atom. The summed E-state index contributed by atoms with van der Waals surface area (Å²) in [5, 5.41) is 3.89. The van der Waals surface area contributed by atoms with Crippen molar-refractivity contribution in [3.8, 4) is 0 Å². The third kappa shape index (κ3) is 3.71. The van der Waals surface area contributed by atoms with Crippen LogP contribution in [0.5, 0.6) is 0 Å². The average Bonchev–Trinajstić information content (AvgIpc) is 3.16. The number of nitrogens with zero attached hydrogens (tertiary/aromatic N) is 2. The fourth-order valence-corrected chi connectivity index (χ4v) is 5.12. The fourth-order valence-electron chi connectivity index (χ4n) is 4.25. The molecule has 7 heteroatoms. The van der Waals surface area contributed by atoms with E-state index in [1.54, 1.807) is 11.3 Å². The molecule has 1 N–H and O–H groups in total. The number of anilines is 1. The lowest BCUT2D eigenvalue weighted by Crippen LogP contribution is -2.48. The Morgan fingerprint density at radius 1 is 1.21 bits per heavy atom. The van der Waals surface area contributed by atoms with E-state index in [1.807, 2.05) is 51.1 Å². The molecule has 0 unspecified atom stereocenters. The first-order valence-corrected chi connectivity index (χ1v) is 10.9. The molecule has 3 amide bonds. The van der Waals surface area contributed by atoms with Gasteiger partial charge in [0, 0.05) is 5.69 Å². The molecular weight excluding hydrogens is 386 g/mol. The number of thiazole rings is 1. The molecule has 1 saturated heterocycles. The van der Waals surface area contributed by atoms with Crippen molar-refractivity contribution in [1.82, 2.24) is 9.88 Å². The number of imide groups is 1. The Balaban J connectivity index is 1.59. The van der Waals surface area contributed by atoms with Crippen LogP contribution in [0.2, 0.25) is 0 Å². The van der Waals surface area contributed by atoms with E-state index in [2.05, 4.69) is 10.3 Å². The molecule has 4 rings (SSSR count). The summed E-state index contributed by atoms with van der Waals surface area (Å²) < 4.78 is 0.992. The zero-order valence-electron chi connectivity index (χ0n) is 16.8. The van der Waals surface area contributed by atoms with Crippen LogP contribution in [0.25, 0.3) is 10.2 Å². The summed E-state index contributed by atoms with van der Waals surface area (Å²) in [6, 6.07) is 4.78. The van der Waals surface area contributed by atoms with Gasteiger partial charge in [-0.05, 0) is 50.3 Å². The second-order valence-electron chi connectivity index (χ2n) is 8.25. The van der Waals surface area contributed by atoms with Crippen LogP contribution in [-0.2, 0) is 14.4 Å². The zero-order chi connectivity index (χ0) is 20.7. The first-order valence-electron chi connectivity index (χ1n) is 10.0. The maximum Gasteiger partial charge on any atom is 0.247 e. The van der Waals surface area contributed by atoms with Crippen molar-refractivity contribution in [3.63, 3.8) is 0 Å². The van der Waals surface area contributed by atoms with E-state index in [-0.39, 0.29) is 35.5 Å². The Kier molecular flexibility index (Phi) is 5.25. The van der Waals surface area contributed by atoms with Gasteiger partial charge in [0.15, 0.2) is 0 Å². The third-order valence-electron chi connectivity index (χ3n) is 5.61. The second-order valence-corrected chi connectivity index (χ2v) is 9.49. The van der Waals surface area contributed by atoms with Gasteiger partial charge in [0.25, 0.3) is 0 Å². The van der Waals surface area contributed by atoms with Crippen molar-refractivity contribution >= 4 is 45.0 Å². The minimum atomic E-state index is -0.792. The molecule has 1 aromatic heterocycles. The lowest BCUT2D eigenvalue weighted by Gasteiger charge is -2.27. The quantitative estimate of drug-likeness (QED) is 0.598. The molecule has 0 spiro atoms. The monoisotopic (exact) mass is 411 g/mol. The van der Waals surface area contributed by atoms with Crippen molar-refractivity contribution in [2.24, 2.45) is 17.8 Å².